The van der Waals surface area contributed by atoms with Crippen LogP contribution >= 0.6 is 0 Å². The number of carbonyl (C=O) groups is 1. The lowest BCUT2D eigenvalue weighted by atomic mass is 9.77. The summed E-state index contributed by atoms with van der Waals surface area (Å²) in [6, 6.07) is 46.9. The van der Waals surface area contributed by atoms with Crippen molar-refractivity contribution in [2.75, 3.05) is 0 Å². The summed E-state index contributed by atoms with van der Waals surface area (Å²) in [5, 5.41) is 26.6. The minimum Gasteiger partial charge on any atom is -0.480 e. The van der Waals surface area contributed by atoms with Gasteiger partial charge in [0.15, 0.2) is 5.82 Å². The van der Waals surface area contributed by atoms with Crippen molar-refractivity contribution in [1.82, 2.24) is 25.5 Å². The minimum absolute atomic E-state index is 0.0318. The fraction of sp³-hybridized carbons (Fsp3) is 0.179. The molecular weight excluding hydrogens is 570 g/mol. The van der Waals surface area contributed by atoms with Crippen LogP contribution in [0.15, 0.2) is 140 Å². The Morgan fingerprint density at radius 2 is 1.24 bits per heavy atom. The summed E-state index contributed by atoms with van der Waals surface area (Å²) < 4.78 is 1.95. The number of rotatable bonds is 12. The van der Waals surface area contributed by atoms with E-state index < -0.39 is 17.6 Å². The number of nitrogens with one attached hydrogen (secondary N) is 1. The number of tetrazole rings is 1. The van der Waals surface area contributed by atoms with Gasteiger partial charge >= 0.3 is 5.97 Å². The van der Waals surface area contributed by atoms with E-state index in [-0.39, 0.29) is 5.92 Å². The van der Waals surface area contributed by atoms with Crippen molar-refractivity contribution in [3.05, 3.63) is 162 Å². The normalized spacial score (nSPS) is 12.8. The second-order valence-corrected chi connectivity index (χ2v) is 11.5. The maximum Gasteiger partial charge on any atom is 0.320 e. The van der Waals surface area contributed by atoms with E-state index in [9.17, 15) is 9.90 Å². The Hall–Kier alpha value is -5.40. The second-order valence-electron chi connectivity index (χ2n) is 11.5. The quantitative estimate of drug-likeness (QED) is 0.141. The molecule has 0 fully saturated rings. The number of aliphatic carboxylic acids is 1. The summed E-state index contributed by atoms with van der Waals surface area (Å²) in [5.41, 5.74) is 6.15. The van der Waals surface area contributed by atoms with E-state index in [4.69, 9.17) is 5.21 Å². The summed E-state index contributed by atoms with van der Waals surface area (Å²) in [4.78, 5) is 11.8. The third-order valence-electron chi connectivity index (χ3n) is 8.80. The predicted octanol–water partition coefficient (Wildman–Crippen LogP) is 7.44. The zero-order chi connectivity index (χ0) is 31.9. The van der Waals surface area contributed by atoms with Crippen molar-refractivity contribution in [3.8, 4) is 22.5 Å². The van der Waals surface area contributed by atoms with Gasteiger partial charge in [0, 0.05) is 12.1 Å². The number of benzene rings is 5. The molecule has 0 aliphatic heterocycles. The fourth-order valence-corrected chi connectivity index (χ4v) is 6.21. The number of hydrogen-bond acceptors (Lipinski definition) is 5. The SMILES string of the molecule is CCC(C)[C@H](NCc1ccc(-c2ccccc2-c2nnnn2C(c2ccccc2)(c2ccccc2)c2ccccc2)cc1)C(=O)O. The molecule has 7 heteroatoms. The van der Waals surface area contributed by atoms with Crippen LogP contribution < -0.4 is 5.32 Å². The lowest BCUT2D eigenvalue weighted by molar-refractivity contribution is -0.140. The van der Waals surface area contributed by atoms with Gasteiger partial charge in [0.1, 0.15) is 11.6 Å². The smallest absolute Gasteiger partial charge is 0.320 e. The largest absolute Gasteiger partial charge is 0.480 e. The van der Waals surface area contributed by atoms with E-state index in [0.29, 0.717) is 12.4 Å². The fourth-order valence-electron chi connectivity index (χ4n) is 6.21. The van der Waals surface area contributed by atoms with Gasteiger partial charge in [-0.15, -0.1) is 5.10 Å². The second kappa shape index (κ2) is 13.7. The highest BCUT2D eigenvalue weighted by molar-refractivity contribution is 5.81. The molecular formula is C39H37N5O2. The molecule has 230 valence electrons. The molecule has 0 saturated carbocycles. The molecule has 7 nitrogen and oxygen atoms in total. The van der Waals surface area contributed by atoms with Crippen molar-refractivity contribution in [1.29, 1.82) is 0 Å². The molecule has 5 aromatic carbocycles. The van der Waals surface area contributed by atoms with Gasteiger partial charge in [0.25, 0.3) is 0 Å². The van der Waals surface area contributed by atoms with Crippen LogP contribution in [0.4, 0.5) is 0 Å². The van der Waals surface area contributed by atoms with Gasteiger partial charge in [-0.1, -0.05) is 160 Å². The minimum atomic E-state index is -0.860. The molecule has 1 heterocycles. The number of aromatic nitrogens is 4. The Morgan fingerprint density at radius 3 is 1.74 bits per heavy atom. The zero-order valence-electron chi connectivity index (χ0n) is 26.0. The van der Waals surface area contributed by atoms with Crippen molar-refractivity contribution >= 4 is 5.97 Å². The van der Waals surface area contributed by atoms with Gasteiger partial charge < -0.3 is 10.4 Å². The van der Waals surface area contributed by atoms with E-state index in [1.165, 1.54) is 0 Å². The van der Waals surface area contributed by atoms with Crippen LogP contribution in [-0.2, 0) is 16.9 Å². The summed E-state index contributed by atoms with van der Waals surface area (Å²) in [6.45, 7) is 4.44. The molecule has 0 radical (unpaired) electrons. The first-order chi connectivity index (χ1) is 22.5. The Kier molecular flexibility index (Phi) is 9.13. The molecule has 6 aromatic rings. The number of hydrogen-bond donors (Lipinski definition) is 2. The summed E-state index contributed by atoms with van der Waals surface area (Å²) in [6.07, 6.45) is 0.791. The van der Waals surface area contributed by atoms with Crippen LogP contribution in [-0.4, -0.2) is 37.3 Å². The van der Waals surface area contributed by atoms with E-state index in [1.54, 1.807) is 0 Å². The molecule has 0 spiro atoms. The van der Waals surface area contributed by atoms with Crippen molar-refractivity contribution in [2.45, 2.75) is 38.4 Å². The molecule has 46 heavy (non-hydrogen) atoms. The van der Waals surface area contributed by atoms with Crippen LogP contribution in [0.3, 0.4) is 0 Å². The zero-order valence-corrected chi connectivity index (χ0v) is 26.0. The molecule has 0 aliphatic carbocycles. The van der Waals surface area contributed by atoms with Crippen LogP contribution in [0.1, 0.15) is 42.5 Å². The van der Waals surface area contributed by atoms with Crippen LogP contribution in [0.25, 0.3) is 22.5 Å². The van der Waals surface area contributed by atoms with E-state index in [0.717, 1.165) is 45.4 Å². The number of carboxylic acids is 1. The molecule has 1 aromatic heterocycles. The average molecular weight is 608 g/mol. The molecule has 0 aliphatic rings. The third-order valence-corrected chi connectivity index (χ3v) is 8.80. The summed E-state index contributed by atoms with van der Waals surface area (Å²) >= 11 is 0. The summed E-state index contributed by atoms with van der Waals surface area (Å²) in [7, 11) is 0. The summed E-state index contributed by atoms with van der Waals surface area (Å²) in [5.74, 6) is -0.157. The van der Waals surface area contributed by atoms with Crippen molar-refractivity contribution in [3.63, 3.8) is 0 Å². The van der Waals surface area contributed by atoms with Crippen molar-refractivity contribution in [2.24, 2.45) is 5.92 Å². The highest BCUT2D eigenvalue weighted by Crippen LogP contribution is 2.43. The first-order valence-corrected chi connectivity index (χ1v) is 15.6. The van der Waals surface area contributed by atoms with E-state index in [1.807, 2.05) is 97.4 Å². The van der Waals surface area contributed by atoms with Crippen LogP contribution in [0.5, 0.6) is 0 Å². The Balaban J connectivity index is 1.45. The van der Waals surface area contributed by atoms with Gasteiger partial charge in [-0.25, -0.2) is 4.68 Å². The van der Waals surface area contributed by atoms with Gasteiger partial charge in [0.2, 0.25) is 0 Å². The Bertz CT molecular complexity index is 1780. The van der Waals surface area contributed by atoms with Gasteiger partial charge in [-0.05, 0) is 49.7 Å². The van der Waals surface area contributed by atoms with Gasteiger partial charge in [-0.2, -0.15) is 0 Å². The molecule has 0 saturated heterocycles. The lowest BCUT2D eigenvalue weighted by Gasteiger charge is -2.36. The highest BCUT2D eigenvalue weighted by atomic mass is 16.4. The van der Waals surface area contributed by atoms with Crippen molar-refractivity contribution < 1.29 is 9.90 Å². The molecule has 2 N–H and O–H groups in total. The number of carboxylic acid groups (broad SMARTS) is 1. The third kappa shape index (κ3) is 5.85. The van der Waals surface area contributed by atoms with Crippen LogP contribution in [0.2, 0.25) is 0 Å². The first-order valence-electron chi connectivity index (χ1n) is 15.6. The Labute approximate surface area is 269 Å². The highest BCUT2D eigenvalue weighted by Gasteiger charge is 2.42. The topological polar surface area (TPSA) is 92.9 Å². The molecule has 0 bridgehead atoms. The van der Waals surface area contributed by atoms with Crippen LogP contribution in [0, 0.1) is 5.92 Å². The monoisotopic (exact) mass is 607 g/mol. The molecule has 1 unspecified atom stereocenters. The first kappa shape index (κ1) is 30.6. The average Bonchev–Trinajstić information content (AvgIpc) is 3.60. The molecule has 2 atom stereocenters. The van der Waals surface area contributed by atoms with Gasteiger partial charge in [0.05, 0.1) is 0 Å². The Morgan fingerprint density at radius 1 is 0.739 bits per heavy atom. The standard InChI is InChI=1S/C39H37N5O2/c1-3-28(2)36(38(45)46)40-27-29-23-25-30(26-24-29)34-21-13-14-22-35(34)37-41-42-43-44(37)39(31-15-7-4-8-16-31,32-17-9-5-10-18-32)33-19-11-6-12-20-33/h4-26,28,36,40H,3,27H2,1-2H3,(H,45,46)/t28?,36-/m0/s1. The predicted molar refractivity (Wildman–Crippen MR) is 181 cm³/mol. The lowest BCUT2D eigenvalue weighted by Crippen LogP contribution is -2.41. The molecule has 6 rings (SSSR count). The molecule has 0 amide bonds. The maximum absolute atomic E-state index is 11.8. The van der Waals surface area contributed by atoms with E-state index >= 15 is 0 Å². The maximum atomic E-state index is 11.8. The number of nitrogens with zero attached hydrogens (tertiary/aromatic N) is 4. The van der Waals surface area contributed by atoms with E-state index in [2.05, 4.69) is 76.3 Å². The van der Waals surface area contributed by atoms with Gasteiger partial charge in [-0.3, -0.25) is 4.79 Å².